The van der Waals surface area contributed by atoms with Gasteiger partial charge in [-0.2, -0.15) is 0 Å². The van der Waals surface area contributed by atoms with Crippen LogP contribution in [0, 0.1) is 11.8 Å². The van der Waals surface area contributed by atoms with Crippen molar-refractivity contribution in [3.63, 3.8) is 0 Å². The first-order valence-corrected chi connectivity index (χ1v) is 2.71. The summed E-state index contributed by atoms with van der Waals surface area (Å²) in [5.74, 6) is 6.07. The van der Waals surface area contributed by atoms with Gasteiger partial charge in [-0.1, -0.05) is 11.8 Å². The first-order chi connectivity index (χ1) is 3.47. The van der Waals surface area contributed by atoms with Gasteiger partial charge in [0.05, 0.1) is 0 Å². The molecule has 0 aromatic heterocycles. The van der Waals surface area contributed by atoms with E-state index < -0.39 is 0 Å². The van der Waals surface area contributed by atoms with E-state index in [0.29, 0.717) is 0 Å². The molecule has 0 aromatic rings. The Morgan fingerprint density at radius 2 is 1.57 bits per heavy atom. The third kappa shape index (κ3) is 0.282. The van der Waals surface area contributed by atoms with Crippen LogP contribution in [-0.2, 0) is 0 Å². The lowest BCUT2D eigenvalue weighted by Gasteiger charge is -1.96. The van der Waals surface area contributed by atoms with Crippen LogP contribution in [-0.4, -0.2) is 0 Å². The minimum Gasteiger partial charge on any atom is -0.0655 e. The average molecular weight is 90.1 g/mol. The highest BCUT2D eigenvalue weighted by Gasteiger charge is 2.14. The Hall–Kier alpha value is -0.700. The zero-order valence-corrected chi connectivity index (χ0v) is 4.12. The van der Waals surface area contributed by atoms with Crippen LogP contribution < -0.4 is 0 Å². The lowest BCUT2D eigenvalue weighted by Crippen LogP contribution is -1.84. The van der Waals surface area contributed by atoms with E-state index in [1.54, 1.807) is 0 Å². The van der Waals surface area contributed by atoms with Crippen LogP contribution in [0.1, 0.15) is 19.3 Å². The Labute approximate surface area is 43.2 Å². The molecule has 0 heterocycles. The second-order valence-corrected chi connectivity index (χ2v) is 2.06. The van der Waals surface area contributed by atoms with Crippen molar-refractivity contribution in [3.8, 4) is 11.8 Å². The molecule has 0 atom stereocenters. The molecule has 0 N–H and O–H groups in total. The third-order valence-electron chi connectivity index (χ3n) is 1.58. The van der Waals surface area contributed by atoms with E-state index in [4.69, 9.17) is 0 Å². The molecule has 0 saturated carbocycles. The van der Waals surface area contributed by atoms with E-state index in [0.717, 1.165) is 0 Å². The fraction of sp³-hybridized carbons (Fsp3) is 0.429. The van der Waals surface area contributed by atoms with Crippen molar-refractivity contribution in [1.29, 1.82) is 0 Å². The summed E-state index contributed by atoms with van der Waals surface area (Å²) >= 11 is 0. The molecule has 0 aromatic carbocycles. The SMILES string of the molecule is C1#CC2=C1CCC2. The highest BCUT2D eigenvalue weighted by molar-refractivity contribution is 5.56. The van der Waals surface area contributed by atoms with Crippen molar-refractivity contribution >= 4 is 0 Å². The fourth-order valence-electron chi connectivity index (χ4n) is 1.11. The molecule has 0 saturated heterocycles. The second-order valence-electron chi connectivity index (χ2n) is 2.06. The van der Waals surface area contributed by atoms with E-state index in [9.17, 15) is 0 Å². The number of rotatable bonds is 0. The van der Waals surface area contributed by atoms with Crippen LogP contribution >= 0.6 is 0 Å². The highest BCUT2D eigenvalue weighted by atomic mass is 14.2. The Morgan fingerprint density at radius 1 is 1.00 bits per heavy atom. The van der Waals surface area contributed by atoms with Gasteiger partial charge < -0.3 is 0 Å². The molecule has 0 bridgehead atoms. The number of hydrogen-bond acceptors (Lipinski definition) is 0. The largest absolute Gasteiger partial charge is 0.0655 e. The molecule has 0 heteroatoms. The Kier molecular flexibility index (Phi) is 0.438. The van der Waals surface area contributed by atoms with Crippen molar-refractivity contribution in [3.05, 3.63) is 11.1 Å². The summed E-state index contributed by atoms with van der Waals surface area (Å²) in [6.07, 6.45) is 3.87. The minimum absolute atomic E-state index is 1.27. The van der Waals surface area contributed by atoms with Crippen molar-refractivity contribution < 1.29 is 0 Å². The molecule has 0 amide bonds. The minimum atomic E-state index is 1.27. The molecule has 34 valence electrons. The van der Waals surface area contributed by atoms with Gasteiger partial charge in [-0.3, -0.25) is 0 Å². The maximum Gasteiger partial charge on any atom is 0.0140 e. The molecule has 2 aliphatic carbocycles. The first kappa shape index (κ1) is 3.32. The molecule has 0 spiro atoms. The summed E-state index contributed by atoms with van der Waals surface area (Å²) in [6, 6.07) is 0. The molecule has 2 rings (SSSR count). The van der Waals surface area contributed by atoms with E-state index in [1.807, 2.05) is 0 Å². The Balaban J connectivity index is 2.37. The predicted octanol–water partition coefficient (Wildman–Crippen LogP) is 1.48. The van der Waals surface area contributed by atoms with Crippen LogP contribution in [0.4, 0.5) is 0 Å². The normalized spacial score (nSPS) is 22.9. The Bertz CT molecular complexity index is 168. The second kappa shape index (κ2) is 0.924. The molecular formula is C7H6. The number of allylic oxidation sites excluding steroid dienone is 2. The van der Waals surface area contributed by atoms with Crippen LogP contribution in [0.3, 0.4) is 0 Å². The van der Waals surface area contributed by atoms with E-state index >= 15 is 0 Å². The van der Waals surface area contributed by atoms with Crippen molar-refractivity contribution in [2.24, 2.45) is 0 Å². The van der Waals surface area contributed by atoms with Gasteiger partial charge in [0.15, 0.2) is 0 Å². The summed E-state index contributed by atoms with van der Waals surface area (Å²) in [6.45, 7) is 0. The zero-order chi connectivity index (χ0) is 4.69. The Morgan fingerprint density at radius 3 is 1.86 bits per heavy atom. The van der Waals surface area contributed by atoms with Crippen LogP contribution in [0.25, 0.3) is 0 Å². The standard InChI is InChI=1S/C7H6/c1-2-6-4-5-7(6)3-1/h1-3H2. The van der Waals surface area contributed by atoms with Gasteiger partial charge in [-0.05, 0) is 19.3 Å². The maximum atomic E-state index is 3.04. The summed E-state index contributed by atoms with van der Waals surface area (Å²) in [5.41, 5.74) is 2.89. The van der Waals surface area contributed by atoms with Crippen molar-refractivity contribution in [2.75, 3.05) is 0 Å². The van der Waals surface area contributed by atoms with Gasteiger partial charge in [0.25, 0.3) is 0 Å². The van der Waals surface area contributed by atoms with Gasteiger partial charge in [0.2, 0.25) is 0 Å². The summed E-state index contributed by atoms with van der Waals surface area (Å²) < 4.78 is 0. The van der Waals surface area contributed by atoms with Gasteiger partial charge in [-0.25, -0.2) is 0 Å². The fourth-order valence-corrected chi connectivity index (χ4v) is 1.11. The molecule has 0 nitrogen and oxygen atoms in total. The van der Waals surface area contributed by atoms with E-state index in [2.05, 4.69) is 11.8 Å². The van der Waals surface area contributed by atoms with E-state index in [1.165, 1.54) is 30.4 Å². The molecular weight excluding hydrogens is 84.1 g/mol. The predicted molar refractivity (Wildman–Crippen MR) is 28.7 cm³/mol. The van der Waals surface area contributed by atoms with Crippen LogP contribution in [0.2, 0.25) is 0 Å². The molecule has 0 fully saturated rings. The molecule has 2 aliphatic rings. The quantitative estimate of drug-likeness (QED) is 0.395. The van der Waals surface area contributed by atoms with Crippen LogP contribution in [0.5, 0.6) is 0 Å². The van der Waals surface area contributed by atoms with Crippen LogP contribution in [0.15, 0.2) is 11.1 Å². The van der Waals surface area contributed by atoms with E-state index in [-0.39, 0.29) is 0 Å². The average Bonchev–Trinajstić information content (AvgIpc) is 1.85. The molecule has 0 unspecified atom stereocenters. The monoisotopic (exact) mass is 90.0 g/mol. The summed E-state index contributed by atoms with van der Waals surface area (Å²) in [7, 11) is 0. The number of hydrogen-bond donors (Lipinski definition) is 0. The highest BCUT2D eigenvalue weighted by Crippen LogP contribution is 2.29. The van der Waals surface area contributed by atoms with Gasteiger partial charge in [-0.15, -0.1) is 0 Å². The molecule has 0 aliphatic heterocycles. The molecule has 0 radical (unpaired) electrons. The maximum absolute atomic E-state index is 3.04. The lowest BCUT2D eigenvalue weighted by atomic mass is 10.1. The lowest BCUT2D eigenvalue weighted by molar-refractivity contribution is 0.915. The van der Waals surface area contributed by atoms with Crippen molar-refractivity contribution in [2.45, 2.75) is 19.3 Å². The summed E-state index contributed by atoms with van der Waals surface area (Å²) in [5, 5.41) is 0. The topological polar surface area (TPSA) is 0 Å². The molecule has 7 heavy (non-hydrogen) atoms. The summed E-state index contributed by atoms with van der Waals surface area (Å²) in [4.78, 5) is 0. The van der Waals surface area contributed by atoms with Gasteiger partial charge in [0, 0.05) is 11.1 Å². The van der Waals surface area contributed by atoms with Gasteiger partial charge >= 0.3 is 0 Å². The van der Waals surface area contributed by atoms with Gasteiger partial charge in [0.1, 0.15) is 0 Å². The van der Waals surface area contributed by atoms with Crippen molar-refractivity contribution in [1.82, 2.24) is 0 Å². The first-order valence-electron chi connectivity index (χ1n) is 2.71. The smallest absolute Gasteiger partial charge is 0.0140 e. The zero-order valence-electron chi connectivity index (χ0n) is 4.12. The third-order valence-corrected chi connectivity index (χ3v) is 1.58.